The number of rotatable bonds is 11. The molecule has 1 fully saturated rings. The molecule has 0 spiro atoms. The average molecular weight is 402 g/mol. The van der Waals surface area contributed by atoms with E-state index in [9.17, 15) is 9.18 Å². The van der Waals surface area contributed by atoms with Gasteiger partial charge in [-0.1, -0.05) is 25.7 Å². The van der Waals surface area contributed by atoms with E-state index in [1.54, 1.807) is 0 Å². The Labute approximate surface area is 179 Å². The first-order chi connectivity index (χ1) is 15.9. The van der Waals surface area contributed by atoms with Crippen molar-refractivity contribution in [3.05, 3.63) is 65.4 Å². The van der Waals surface area contributed by atoms with Gasteiger partial charge in [-0.3, -0.25) is 4.79 Å². The van der Waals surface area contributed by atoms with Gasteiger partial charge < -0.3 is 9.64 Å². The minimum atomic E-state index is -0.795. The first kappa shape index (κ1) is 16.6. The molecular formula is C25H32FNO2. The molecule has 0 atom stereocenters. The van der Waals surface area contributed by atoms with Crippen LogP contribution in [0.3, 0.4) is 0 Å². The summed E-state index contributed by atoms with van der Waals surface area (Å²) in [6, 6.07) is 3.18. The molecule has 0 saturated carbocycles. The highest BCUT2D eigenvalue weighted by Gasteiger charge is 2.10. The van der Waals surface area contributed by atoms with Gasteiger partial charge in [0.1, 0.15) is 11.6 Å². The lowest BCUT2D eigenvalue weighted by molar-refractivity contribution is 0.103. The molecule has 1 heterocycles. The molecule has 3 nitrogen and oxygen atoms in total. The number of unbranched alkanes of at least 4 members (excludes halogenated alkanes) is 4. The van der Waals surface area contributed by atoms with Crippen molar-refractivity contribution in [2.75, 3.05) is 26.2 Å². The summed E-state index contributed by atoms with van der Waals surface area (Å²) in [6.45, 7) is 4.16. The van der Waals surface area contributed by atoms with Crippen LogP contribution in [-0.2, 0) is 0 Å². The molecule has 0 bridgehead atoms. The van der Waals surface area contributed by atoms with Crippen LogP contribution in [0.15, 0.2) is 48.4 Å². The summed E-state index contributed by atoms with van der Waals surface area (Å²) in [7, 11) is 0. The molecule has 156 valence electrons. The van der Waals surface area contributed by atoms with Gasteiger partial charge in [0, 0.05) is 11.1 Å². The van der Waals surface area contributed by atoms with Gasteiger partial charge in [0.15, 0.2) is 5.78 Å². The Balaban J connectivity index is 1.46. The van der Waals surface area contributed by atoms with Crippen molar-refractivity contribution in [1.82, 2.24) is 4.90 Å². The minimum Gasteiger partial charge on any atom is -0.494 e. The van der Waals surface area contributed by atoms with Crippen LogP contribution in [0.1, 0.15) is 72.8 Å². The number of hydrogen-bond acceptors (Lipinski definition) is 3. The number of nitrogens with zero attached hydrogens (tertiary/aromatic N) is 1. The Morgan fingerprint density at radius 2 is 1.48 bits per heavy atom. The highest BCUT2D eigenvalue weighted by molar-refractivity contribution is 6.08. The molecule has 1 aliphatic rings. The second kappa shape index (κ2) is 11.7. The van der Waals surface area contributed by atoms with Gasteiger partial charge in [0.25, 0.3) is 0 Å². The second-order valence-electron chi connectivity index (χ2n) is 7.54. The highest BCUT2D eigenvalue weighted by atomic mass is 19.1. The van der Waals surface area contributed by atoms with Crippen molar-refractivity contribution in [2.45, 2.75) is 51.4 Å². The highest BCUT2D eigenvalue weighted by Crippen LogP contribution is 2.17. The Bertz CT molecular complexity index is 917. The Hall–Kier alpha value is -2.20. The van der Waals surface area contributed by atoms with E-state index < -0.39 is 23.7 Å². The molecule has 2 aromatic rings. The molecule has 3 rings (SSSR count). The fraction of sp³-hybridized carbons (Fsp3) is 0.480. The standard InChI is InChI=1S/C25H32FNO2/c26-23-13-9-21(10-14-23)25(28)22-11-15-24(16-12-22)29-20-8-3-1-2-5-17-27-18-6-4-7-19-27/h9-16H,1-8,17-20H2/i9D,10D,11D,12D. The van der Waals surface area contributed by atoms with Crippen LogP contribution in [0.4, 0.5) is 4.39 Å². The van der Waals surface area contributed by atoms with E-state index in [2.05, 4.69) is 4.90 Å². The van der Waals surface area contributed by atoms with Gasteiger partial charge in [-0.25, -0.2) is 4.39 Å². The van der Waals surface area contributed by atoms with E-state index in [0.29, 0.717) is 12.4 Å². The fourth-order valence-corrected chi connectivity index (χ4v) is 3.55. The molecular weight excluding hydrogens is 365 g/mol. The zero-order chi connectivity index (χ0) is 23.8. The summed E-state index contributed by atoms with van der Waals surface area (Å²) in [5, 5.41) is 0. The van der Waals surface area contributed by atoms with Crippen LogP contribution in [0, 0.1) is 5.82 Å². The molecule has 0 N–H and O–H groups in total. The third kappa shape index (κ3) is 7.28. The van der Waals surface area contributed by atoms with Crippen LogP contribution >= 0.6 is 0 Å². The van der Waals surface area contributed by atoms with Crippen LogP contribution in [0.5, 0.6) is 5.75 Å². The van der Waals surface area contributed by atoms with Crippen molar-refractivity contribution >= 4 is 5.78 Å². The molecule has 0 radical (unpaired) electrons. The molecule has 1 aliphatic heterocycles. The maximum Gasteiger partial charge on any atom is 0.193 e. The number of carbonyl (C=O) groups excluding carboxylic acids is 1. The Morgan fingerprint density at radius 3 is 2.17 bits per heavy atom. The third-order valence-corrected chi connectivity index (χ3v) is 5.22. The molecule has 1 saturated heterocycles. The molecule has 2 aromatic carbocycles. The number of halogens is 1. The van der Waals surface area contributed by atoms with Gasteiger partial charge in [-0.05, 0) is 93.8 Å². The average Bonchev–Trinajstić information content (AvgIpc) is 2.75. The van der Waals surface area contributed by atoms with Crippen molar-refractivity contribution in [1.29, 1.82) is 0 Å². The Kier molecular flexibility index (Phi) is 6.70. The number of ether oxygens (including phenoxy) is 1. The quantitative estimate of drug-likeness (QED) is 0.348. The maximum absolute atomic E-state index is 13.4. The molecule has 4 heteroatoms. The predicted octanol–water partition coefficient (Wildman–Crippen LogP) is 5.87. The summed E-state index contributed by atoms with van der Waals surface area (Å²) < 4.78 is 51.0. The summed E-state index contributed by atoms with van der Waals surface area (Å²) in [6.07, 6.45) is 9.55. The minimum absolute atomic E-state index is 0.205. The van der Waals surface area contributed by atoms with Crippen LogP contribution in [-0.4, -0.2) is 36.9 Å². The number of benzene rings is 2. The van der Waals surface area contributed by atoms with Gasteiger partial charge >= 0.3 is 0 Å². The monoisotopic (exact) mass is 401 g/mol. The number of ketones is 1. The van der Waals surface area contributed by atoms with Crippen molar-refractivity contribution in [3.63, 3.8) is 0 Å². The first-order valence-corrected chi connectivity index (χ1v) is 10.6. The van der Waals surface area contributed by atoms with Crippen LogP contribution in [0.2, 0.25) is 0 Å². The summed E-state index contributed by atoms with van der Waals surface area (Å²) in [5.74, 6) is -1.22. The number of hydrogen-bond donors (Lipinski definition) is 0. The topological polar surface area (TPSA) is 29.5 Å². The molecule has 0 aliphatic carbocycles. The number of likely N-dealkylation sites (tertiary alicyclic amines) is 1. The van der Waals surface area contributed by atoms with E-state index in [1.807, 2.05) is 0 Å². The van der Waals surface area contributed by atoms with Gasteiger partial charge in [0.05, 0.1) is 12.1 Å². The normalized spacial score (nSPS) is 16.6. The zero-order valence-electron chi connectivity index (χ0n) is 20.9. The summed E-state index contributed by atoms with van der Waals surface area (Å²) >= 11 is 0. The summed E-state index contributed by atoms with van der Waals surface area (Å²) in [4.78, 5) is 15.4. The third-order valence-electron chi connectivity index (χ3n) is 5.22. The van der Waals surface area contributed by atoms with E-state index in [1.165, 1.54) is 63.9 Å². The van der Waals surface area contributed by atoms with Crippen LogP contribution in [0.25, 0.3) is 0 Å². The van der Waals surface area contributed by atoms with Crippen molar-refractivity contribution in [3.8, 4) is 5.75 Å². The number of carbonyl (C=O) groups is 1. The van der Waals surface area contributed by atoms with Gasteiger partial charge in [-0.15, -0.1) is 0 Å². The largest absolute Gasteiger partial charge is 0.494 e. The fourth-order valence-electron chi connectivity index (χ4n) is 3.55. The first-order valence-electron chi connectivity index (χ1n) is 12.6. The molecule has 0 amide bonds. The molecule has 0 aromatic heterocycles. The molecule has 0 unspecified atom stereocenters. The van der Waals surface area contributed by atoms with E-state index >= 15 is 0 Å². The predicted molar refractivity (Wildman–Crippen MR) is 115 cm³/mol. The lowest BCUT2D eigenvalue weighted by Gasteiger charge is -2.26. The summed E-state index contributed by atoms with van der Waals surface area (Å²) in [5.41, 5.74) is -0.531. The maximum atomic E-state index is 13.4. The second-order valence-corrected chi connectivity index (χ2v) is 7.54. The SMILES string of the molecule is [2H]c1cc(F)cc([2H])c1C(=O)c1c([2H])cc(OCCCCCCCN2CCCCC2)cc1[2H]. The van der Waals surface area contributed by atoms with Crippen molar-refractivity contribution in [2.24, 2.45) is 0 Å². The van der Waals surface area contributed by atoms with E-state index in [0.717, 1.165) is 31.4 Å². The number of piperidine rings is 1. The Morgan fingerprint density at radius 1 is 0.897 bits per heavy atom. The van der Waals surface area contributed by atoms with E-state index in [4.69, 9.17) is 10.2 Å². The van der Waals surface area contributed by atoms with E-state index in [-0.39, 0.29) is 23.2 Å². The van der Waals surface area contributed by atoms with Gasteiger partial charge in [-0.2, -0.15) is 0 Å². The smallest absolute Gasteiger partial charge is 0.193 e. The zero-order valence-corrected chi connectivity index (χ0v) is 16.9. The van der Waals surface area contributed by atoms with Crippen molar-refractivity contribution < 1.29 is 19.4 Å². The van der Waals surface area contributed by atoms with Crippen LogP contribution < -0.4 is 4.74 Å². The lowest BCUT2D eigenvalue weighted by Crippen LogP contribution is -2.30. The molecule has 29 heavy (non-hydrogen) atoms. The lowest BCUT2D eigenvalue weighted by atomic mass is 10.0. The van der Waals surface area contributed by atoms with Gasteiger partial charge in [0.2, 0.25) is 0 Å².